The first-order valence-electron chi connectivity index (χ1n) is 8.05. The van der Waals surface area contributed by atoms with E-state index >= 15 is 0 Å². The Morgan fingerprint density at radius 1 is 1.04 bits per heavy atom. The molecule has 0 aliphatic heterocycles. The molecule has 0 saturated heterocycles. The van der Waals surface area contributed by atoms with Crippen LogP contribution in [0.5, 0.6) is 0 Å². The molecule has 2 aromatic rings. The summed E-state index contributed by atoms with van der Waals surface area (Å²) >= 11 is 4.90. The molecule has 2 N–H and O–H groups in total. The normalized spacial score (nSPS) is 11.6. The standard InChI is InChI=1S/C19H21BrN2O2S/c1-3-18(23)22-16-8-4-14(5-9-16)13(2)21-19(24)12-25-17-10-6-15(20)7-11-17/h4-11,13H,3,12H2,1-2H3,(H,21,24)(H,22,23). The van der Waals surface area contributed by atoms with Crippen LogP contribution in [0.2, 0.25) is 0 Å². The fraction of sp³-hybridized carbons (Fsp3) is 0.263. The summed E-state index contributed by atoms with van der Waals surface area (Å²) in [5, 5.41) is 5.80. The molecule has 0 heterocycles. The minimum absolute atomic E-state index is 0.0104. The average molecular weight is 421 g/mol. The first-order valence-corrected chi connectivity index (χ1v) is 9.83. The van der Waals surface area contributed by atoms with Crippen molar-refractivity contribution in [2.24, 2.45) is 0 Å². The maximum absolute atomic E-state index is 12.1. The summed E-state index contributed by atoms with van der Waals surface area (Å²) in [5.41, 5.74) is 1.76. The predicted molar refractivity (Wildman–Crippen MR) is 107 cm³/mol. The van der Waals surface area contributed by atoms with Crippen molar-refractivity contribution in [2.45, 2.75) is 31.2 Å². The van der Waals surface area contributed by atoms with E-state index in [1.54, 1.807) is 0 Å². The molecule has 1 unspecified atom stereocenters. The zero-order valence-electron chi connectivity index (χ0n) is 14.2. The minimum atomic E-state index is -0.0889. The minimum Gasteiger partial charge on any atom is -0.349 e. The van der Waals surface area contributed by atoms with Gasteiger partial charge in [-0.05, 0) is 48.9 Å². The summed E-state index contributed by atoms with van der Waals surface area (Å²) < 4.78 is 1.02. The van der Waals surface area contributed by atoms with Gasteiger partial charge in [0, 0.05) is 21.5 Å². The van der Waals surface area contributed by atoms with Gasteiger partial charge in [-0.2, -0.15) is 0 Å². The third kappa shape index (κ3) is 6.55. The second-order valence-corrected chi connectivity index (χ2v) is 7.52. The van der Waals surface area contributed by atoms with Gasteiger partial charge in [0.25, 0.3) is 0 Å². The Kier molecular flexibility index (Phi) is 7.52. The van der Waals surface area contributed by atoms with Gasteiger partial charge in [0.1, 0.15) is 0 Å². The van der Waals surface area contributed by atoms with Crippen molar-refractivity contribution in [3.05, 3.63) is 58.6 Å². The number of nitrogens with one attached hydrogen (secondary N) is 2. The summed E-state index contributed by atoms with van der Waals surface area (Å²) in [6.07, 6.45) is 0.449. The molecular formula is C19H21BrN2O2S. The number of carbonyl (C=O) groups is 2. The highest BCUT2D eigenvalue weighted by Gasteiger charge is 2.10. The van der Waals surface area contributed by atoms with Gasteiger partial charge in [-0.15, -0.1) is 11.8 Å². The topological polar surface area (TPSA) is 58.2 Å². The van der Waals surface area contributed by atoms with Crippen LogP contribution in [0.25, 0.3) is 0 Å². The van der Waals surface area contributed by atoms with Crippen molar-refractivity contribution >= 4 is 45.2 Å². The van der Waals surface area contributed by atoms with E-state index in [9.17, 15) is 9.59 Å². The molecule has 0 aromatic heterocycles. The van der Waals surface area contributed by atoms with Crippen molar-refractivity contribution in [3.63, 3.8) is 0 Å². The van der Waals surface area contributed by atoms with Gasteiger partial charge in [-0.3, -0.25) is 9.59 Å². The number of benzene rings is 2. The third-order valence-corrected chi connectivity index (χ3v) is 5.12. The van der Waals surface area contributed by atoms with E-state index in [0.29, 0.717) is 12.2 Å². The van der Waals surface area contributed by atoms with Crippen molar-refractivity contribution in [3.8, 4) is 0 Å². The maximum atomic E-state index is 12.1. The number of rotatable bonds is 7. The van der Waals surface area contributed by atoms with Gasteiger partial charge in [0.15, 0.2) is 0 Å². The molecule has 25 heavy (non-hydrogen) atoms. The van der Waals surface area contributed by atoms with Crippen molar-refractivity contribution in [2.75, 3.05) is 11.1 Å². The first-order chi connectivity index (χ1) is 12.0. The van der Waals surface area contributed by atoms with Gasteiger partial charge in [-0.25, -0.2) is 0 Å². The zero-order chi connectivity index (χ0) is 18.2. The molecular weight excluding hydrogens is 400 g/mol. The monoisotopic (exact) mass is 420 g/mol. The van der Waals surface area contributed by atoms with E-state index in [2.05, 4.69) is 26.6 Å². The van der Waals surface area contributed by atoms with Gasteiger partial charge in [-0.1, -0.05) is 35.0 Å². The highest BCUT2D eigenvalue weighted by molar-refractivity contribution is 9.10. The largest absolute Gasteiger partial charge is 0.349 e. The summed E-state index contributed by atoms with van der Waals surface area (Å²) in [6, 6.07) is 15.3. The molecule has 0 radical (unpaired) electrons. The molecule has 0 bridgehead atoms. The second-order valence-electron chi connectivity index (χ2n) is 5.56. The quantitative estimate of drug-likeness (QED) is 0.634. The summed E-state index contributed by atoms with van der Waals surface area (Å²) in [6.45, 7) is 3.76. The molecule has 2 aromatic carbocycles. The lowest BCUT2D eigenvalue weighted by Gasteiger charge is -2.15. The third-order valence-electron chi connectivity index (χ3n) is 3.58. The van der Waals surface area contributed by atoms with Gasteiger partial charge >= 0.3 is 0 Å². The lowest BCUT2D eigenvalue weighted by atomic mass is 10.1. The van der Waals surface area contributed by atoms with Crippen LogP contribution in [-0.2, 0) is 9.59 Å². The summed E-state index contributed by atoms with van der Waals surface area (Å²) in [4.78, 5) is 24.6. The Labute approximate surface area is 160 Å². The molecule has 0 fully saturated rings. The second kappa shape index (κ2) is 9.63. The van der Waals surface area contributed by atoms with Crippen LogP contribution in [-0.4, -0.2) is 17.6 Å². The summed E-state index contributed by atoms with van der Waals surface area (Å²) in [7, 11) is 0. The Morgan fingerprint density at radius 3 is 2.28 bits per heavy atom. The fourth-order valence-electron chi connectivity index (χ4n) is 2.15. The van der Waals surface area contributed by atoms with Crippen LogP contribution >= 0.6 is 27.7 Å². The smallest absolute Gasteiger partial charge is 0.230 e. The molecule has 0 aliphatic carbocycles. The van der Waals surface area contributed by atoms with E-state index < -0.39 is 0 Å². The van der Waals surface area contributed by atoms with Crippen molar-refractivity contribution < 1.29 is 9.59 Å². The molecule has 1 atom stereocenters. The van der Waals surface area contributed by atoms with Crippen molar-refractivity contribution in [1.82, 2.24) is 5.32 Å². The predicted octanol–water partition coefficient (Wildman–Crippen LogP) is 4.77. The van der Waals surface area contributed by atoms with E-state index in [1.807, 2.05) is 62.4 Å². The summed E-state index contributed by atoms with van der Waals surface area (Å²) in [5.74, 6) is 0.347. The maximum Gasteiger partial charge on any atom is 0.230 e. The van der Waals surface area contributed by atoms with Crippen LogP contribution in [0, 0.1) is 0 Å². The Hall–Kier alpha value is -1.79. The Morgan fingerprint density at radius 2 is 1.68 bits per heavy atom. The van der Waals surface area contributed by atoms with Crippen LogP contribution in [0.1, 0.15) is 31.9 Å². The number of hydrogen-bond acceptors (Lipinski definition) is 3. The number of amides is 2. The SMILES string of the molecule is CCC(=O)Nc1ccc(C(C)NC(=O)CSc2ccc(Br)cc2)cc1. The molecule has 0 spiro atoms. The lowest BCUT2D eigenvalue weighted by molar-refractivity contribution is -0.119. The number of hydrogen-bond donors (Lipinski definition) is 2. The Balaban J connectivity index is 1.83. The van der Waals surface area contributed by atoms with E-state index in [4.69, 9.17) is 0 Å². The molecule has 2 amide bonds. The fourth-order valence-corrected chi connectivity index (χ4v) is 3.12. The van der Waals surface area contributed by atoms with E-state index in [-0.39, 0.29) is 17.9 Å². The number of anilines is 1. The first kappa shape index (κ1) is 19.5. The molecule has 6 heteroatoms. The molecule has 4 nitrogen and oxygen atoms in total. The number of halogens is 1. The zero-order valence-corrected chi connectivity index (χ0v) is 16.6. The lowest BCUT2D eigenvalue weighted by Crippen LogP contribution is -2.28. The van der Waals surface area contributed by atoms with Crippen LogP contribution in [0.15, 0.2) is 57.9 Å². The average Bonchev–Trinajstić information content (AvgIpc) is 2.61. The molecule has 132 valence electrons. The van der Waals surface area contributed by atoms with Gasteiger partial charge in [0.2, 0.25) is 11.8 Å². The highest BCUT2D eigenvalue weighted by atomic mass is 79.9. The molecule has 2 rings (SSSR count). The van der Waals surface area contributed by atoms with Gasteiger partial charge in [0.05, 0.1) is 11.8 Å². The Bertz CT molecular complexity index is 717. The van der Waals surface area contributed by atoms with Gasteiger partial charge < -0.3 is 10.6 Å². The number of carbonyl (C=O) groups excluding carboxylic acids is 2. The van der Waals surface area contributed by atoms with Crippen LogP contribution in [0.3, 0.4) is 0 Å². The van der Waals surface area contributed by atoms with Crippen molar-refractivity contribution in [1.29, 1.82) is 0 Å². The molecule has 0 saturated carbocycles. The highest BCUT2D eigenvalue weighted by Crippen LogP contribution is 2.21. The molecule has 0 aliphatic rings. The van der Waals surface area contributed by atoms with Crippen LogP contribution < -0.4 is 10.6 Å². The number of thioether (sulfide) groups is 1. The van der Waals surface area contributed by atoms with E-state index in [1.165, 1.54) is 11.8 Å². The van der Waals surface area contributed by atoms with Crippen LogP contribution in [0.4, 0.5) is 5.69 Å². The van der Waals surface area contributed by atoms with E-state index in [0.717, 1.165) is 20.6 Å².